The van der Waals surface area contributed by atoms with Crippen LogP contribution in [-0.2, 0) is 4.74 Å². The summed E-state index contributed by atoms with van der Waals surface area (Å²) in [7, 11) is 2.06. The number of para-hydroxylation sites is 1. The molecule has 132 valence electrons. The third-order valence-corrected chi connectivity index (χ3v) is 5.39. The summed E-state index contributed by atoms with van der Waals surface area (Å²) in [4.78, 5) is 17.1. The van der Waals surface area contributed by atoms with Gasteiger partial charge in [0.15, 0.2) is 5.69 Å². The lowest BCUT2D eigenvalue weighted by Gasteiger charge is -2.33. The first-order chi connectivity index (χ1) is 12.1. The summed E-state index contributed by atoms with van der Waals surface area (Å²) in [6.07, 6.45) is 1.48. The number of rotatable bonds is 2. The van der Waals surface area contributed by atoms with Gasteiger partial charge in [-0.05, 0) is 19.2 Å². The van der Waals surface area contributed by atoms with Crippen molar-refractivity contribution >= 4 is 29.1 Å². The molecule has 1 aromatic heterocycles. The molecule has 2 saturated heterocycles. The smallest absolute Gasteiger partial charge is 0.274 e. The van der Waals surface area contributed by atoms with Gasteiger partial charge in [-0.3, -0.25) is 9.69 Å². The summed E-state index contributed by atoms with van der Waals surface area (Å²) in [5.41, 5.74) is 0.785. The van der Waals surface area contributed by atoms with Gasteiger partial charge < -0.3 is 9.64 Å². The van der Waals surface area contributed by atoms with Crippen molar-refractivity contribution in [3.63, 3.8) is 0 Å². The number of likely N-dealkylation sites (tertiary alicyclic amines) is 1. The van der Waals surface area contributed by atoms with Crippen LogP contribution in [0.2, 0.25) is 10.0 Å². The molecular weight excluding hydrogens is 365 g/mol. The van der Waals surface area contributed by atoms with Crippen molar-refractivity contribution in [2.45, 2.75) is 12.1 Å². The van der Waals surface area contributed by atoms with Gasteiger partial charge in [0.25, 0.3) is 5.91 Å². The average molecular weight is 382 g/mol. The largest absolute Gasteiger partial charge is 0.373 e. The molecular formula is C16H17Cl2N5O2. The summed E-state index contributed by atoms with van der Waals surface area (Å²) in [5, 5.41) is 8.72. The van der Waals surface area contributed by atoms with Crippen molar-refractivity contribution in [3.05, 3.63) is 40.1 Å². The summed E-state index contributed by atoms with van der Waals surface area (Å²) < 4.78 is 7.21. The van der Waals surface area contributed by atoms with Crippen molar-refractivity contribution < 1.29 is 9.53 Å². The highest BCUT2D eigenvalue weighted by Crippen LogP contribution is 2.29. The minimum Gasteiger partial charge on any atom is -0.373 e. The van der Waals surface area contributed by atoms with E-state index < -0.39 is 0 Å². The molecule has 1 aromatic carbocycles. The fourth-order valence-electron chi connectivity index (χ4n) is 3.42. The normalized spacial score (nSPS) is 23.7. The van der Waals surface area contributed by atoms with E-state index in [0.717, 1.165) is 6.54 Å². The number of hydrogen-bond donors (Lipinski definition) is 0. The Labute approximate surface area is 155 Å². The van der Waals surface area contributed by atoms with Crippen LogP contribution in [0.25, 0.3) is 5.69 Å². The number of halogens is 2. The lowest BCUT2D eigenvalue weighted by molar-refractivity contribution is -0.0368. The fourth-order valence-corrected chi connectivity index (χ4v) is 3.98. The Hall–Kier alpha value is -1.67. The Morgan fingerprint density at radius 3 is 2.76 bits per heavy atom. The number of nitrogens with zero attached hydrogens (tertiary/aromatic N) is 5. The van der Waals surface area contributed by atoms with Crippen molar-refractivity contribution in [2.24, 2.45) is 0 Å². The molecule has 0 radical (unpaired) electrons. The zero-order valence-electron chi connectivity index (χ0n) is 13.6. The van der Waals surface area contributed by atoms with Gasteiger partial charge in [0.05, 0.1) is 35.0 Å². The topological polar surface area (TPSA) is 63.5 Å². The first kappa shape index (κ1) is 16.8. The van der Waals surface area contributed by atoms with Gasteiger partial charge in [-0.15, -0.1) is 5.10 Å². The lowest BCUT2D eigenvalue weighted by Crippen LogP contribution is -2.48. The van der Waals surface area contributed by atoms with E-state index in [-0.39, 0.29) is 18.1 Å². The Kier molecular flexibility index (Phi) is 4.41. The van der Waals surface area contributed by atoms with Gasteiger partial charge in [-0.25, -0.2) is 4.68 Å². The van der Waals surface area contributed by atoms with E-state index in [1.807, 2.05) is 0 Å². The first-order valence-electron chi connectivity index (χ1n) is 8.02. The summed E-state index contributed by atoms with van der Waals surface area (Å²) in [6.45, 7) is 2.73. The summed E-state index contributed by atoms with van der Waals surface area (Å²) >= 11 is 12.5. The molecule has 3 heterocycles. The minimum absolute atomic E-state index is 0.0379. The molecule has 25 heavy (non-hydrogen) atoms. The van der Waals surface area contributed by atoms with E-state index in [9.17, 15) is 4.79 Å². The number of aromatic nitrogens is 3. The number of fused-ring (bicyclic) bond motifs is 1. The van der Waals surface area contributed by atoms with E-state index in [2.05, 4.69) is 22.3 Å². The predicted octanol–water partition coefficient (Wildman–Crippen LogP) is 1.73. The molecule has 0 unspecified atom stereocenters. The second kappa shape index (κ2) is 6.57. The van der Waals surface area contributed by atoms with E-state index in [4.69, 9.17) is 27.9 Å². The van der Waals surface area contributed by atoms with E-state index in [0.29, 0.717) is 41.1 Å². The van der Waals surface area contributed by atoms with Crippen LogP contribution in [0.15, 0.2) is 24.4 Å². The van der Waals surface area contributed by atoms with Crippen molar-refractivity contribution in [3.8, 4) is 5.69 Å². The third kappa shape index (κ3) is 2.91. The number of benzene rings is 1. The van der Waals surface area contributed by atoms with Crippen LogP contribution in [0.3, 0.4) is 0 Å². The van der Waals surface area contributed by atoms with E-state index in [1.165, 1.54) is 10.9 Å². The predicted molar refractivity (Wildman–Crippen MR) is 93.4 cm³/mol. The van der Waals surface area contributed by atoms with Gasteiger partial charge in [0.2, 0.25) is 0 Å². The standard InChI is InChI=1S/C16H17Cl2N5O2/c1-21-5-6-25-14-9-22(8-13(14)21)16(24)12-7-19-20-23(12)15-10(17)3-2-4-11(15)18/h2-4,7,13-14H,5-6,8-9H2,1H3/t13-,14+/m0/s1. The highest BCUT2D eigenvalue weighted by Gasteiger charge is 2.41. The van der Waals surface area contributed by atoms with Crippen LogP contribution in [-0.4, -0.2) is 76.1 Å². The molecule has 2 aliphatic heterocycles. The SMILES string of the molecule is CN1CCO[C@@H]2CN(C(=O)c3cnnn3-c3c(Cl)cccc3Cl)C[C@@H]21. The highest BCUT2D eigenvalue weighted by molar-refractivity contribution is 6.37. The fraction of sp³-hybridized carbons (Fsp3) is 0.438. The van der Waals surface area contributed by atoms with Gasteiger partial charge >= 0.3 is 0 Å². The Morgan fingerprint density at radius 1 is 1.28 bits per heavy atom. The third-order valence-electron chi connectivity index (χ3n) is 4.78. The zero-order chi connectivity index (χ0) is 17.6. The van der Waals surface area contributed by atoms with E-state index >= 15 is 0 Å². The number of amides is 1. The van der Waals surface area contributed by atoms with Crippen LogP contribution < -0.4 is 0 Å². The molecule has 0 bridgehead atoms. The molecule has 0 aliphatic carbocycles. The monoisotopic (exact) mass is 381 g/mol. The molecule has 2 aliphatic rings. The highest BCUT2D eigenvalue weighted by atomic mass is 35.5. The second-order valence-electron chi connectivity index (χ2n) is 6.27. The lowest BCUT2D eigenvalue weighted by atomic mass is 10.1. The van der Waals surface area contributed by atoms with Crippen LogP contribution >= 0.6 is 23.2 Å². The molecule has 4 rings (SSSR count). The average Bonchev–Trinajstić information content (AvgIpc) is 3.22. The number of carbonyl (C=O) groups excluding carboxylic acids is 1. The molecule has 2 atom stereocenters. The summed E-state index contributed by atoms with van der Waals surface area (Å²) in [6, 6.07) is 5.36. The summed E-state index contributed by atoms with van der Waals surface area (Å²) in [5.74, 6) is -0.160. The maximum atomic E-state index is 13.0. The molecule has 7 nitrogen and oxygen atoms in total. The van der Waals surface area contributed by atoms with Gasteiger partial charge in [-0.1, -0.05) is 34.5 Å². The Morgan fingerprint density at radius 2 is 2.04 bits per heavy atom. The van der Waals surface area contributed by atoms with Gasteiger partial charge in [-0.2, -0.15) is 0 Å². The molecule has 0 saturated carbocycles. The van der Waals surface area contributed by atoms with Crippen LogP contribution in [0.5, 0.6) is 0 Å². The minimum atomic E-state index is -0.160. The van der Waals surface area contributed by atoms with Gasteiger partial charge in [0.1, 0.15) is 5.69 Å². The maximum absolute atomic E-state index is 13.0. The molecule has 1 amide bonds. The second-order valence-corrected chi connectivity index (χ2v) is 7.08. The molecule has 0 N–H and O–H groups in total. The molecule has 9 heteroatoms. The van der Waals surface area contributed by atoms with Crippen LogP contribution in [0.4, 0.5) is 0 Å². The quantitative estimate of drug-likeness (QED) is 0.792. The molecule has 0 spiro atoms. The number of morpholine rings is 1. The van der Waals surface area contributed by atoms with Gasteiger partial charge in [0, 0.05) is 19.6 Å². The molecule has 2 aromatic rings. The number of likely N-dealkylation sites (N-methyl/N-ethyl adjacent to an activating group) is 1. The van der Waals surface area contributed by atoms with Crippen molar-refractivity contribution in [2.75, 3.05) is 33.3 Å². The number of carbonyl (C=O) groups is 1. The molecule has 2 fully saturated rings. The van der Waals surface area contributed by atoms with Crippen LogP contribution in [0.1, 0.15) is 10.5 Å². The van der Waals surface area contributed by atoms with Crippen molar-refractivity contribution in [1.29, 1.82) is 0 Å². The van der Waals surface area contributed by atoms with Crippen LogP contribution in [0, 0.1) is 0 Å². The zero-order valence-corrected chi connectivity index (χ0v) is 15.1. The number of hydrogen-bond acceptors (Lipinski definition) is 5. The Bertz CT molecular complexity index is 791. The van der Waals surface area contributed by atoms with E-state index in [1.54, 1.807) is 23.1 Å². The number of ether oxygens (including phenoxy) is 1. The Balaban J connectivity index is 1.64. The van der Waals surface area contributed by atoms with Crippen molar-refractivity contribution in [1.82, 2.24) is 24.8 Å². The maximum Gasteiger partial charge on any atom is 0.274 e. The first-order valence-corrected chi connectivity index (χ1v) is 8.78.